The Bertz CT molecular complexity index is 3520. The molecule has 0 unspecified atom stereocenters. The number of aromatic nitrogens is 3. The Morgan fingerprint density at radius 1 is 0.515 bits per heavy atom. The van der Waals surface area contributed by atoms with E-state index in [9.17, 15) is 5.11 Å². The number of hydrogen-bond acceptors (Lipinski definition) is 3. The fourth-order valence-corrected chi connectivity index (χ4v) is 9.07. The first-order valence-electron chi connectivity index (χ1n) is 25.3. The van der Waals surface area contributed by atoms with Crippen LogP contribution in [0, 0.1) is 13.8 Å². The van der Waals surface area contributed by atoms with Gasteiger partial charge in [0.05, 0.1) is 34.8 Å². The second kappa shape index (κ2) is 16.7. The van der Waals surface area contributed by atoms with E-state index in [1.165, 1.54) is 16.7 Å². The number of nitrogens with zero attached hydrogens (tertiary/aromatic N) is 3. The van der Waals surface area contributed by atoms with Crippen molar-refractivity contribution in [3.63, 3.8) is 0 Å². The number of pyridine rings is 1. The lowest BCUT2D eigenvalue weighted by atomic mass is 9.79. The minimum atomic E-state index is -0.441. The van der Waals surface area contributed by atoms with Crippen LogP contribution in [0.25, 0.3) is 83.9 Å². The van der Waals surface area contributed by atoms with Gasteiger partial charge in [-0.15, -0.1) is 0 Å². The molecule has 0 radical (unpaired) electrons. The first kappa shape index (κ1) is 38.3. The third-order valence-electron chi connectivity index (χ3n) is 12.8. The van der Waals surface area contributed by atoms with Crippen molar-refractivity contribution in [3.05, 3.63) is 192 Å². The summed E-state index contributed by atoms with van der Waals surface area (Å²) in [7, 11) is 0. The fourth-order valence-electron chi connectivity index (χ4n) is 9.07. The monoisotopic (exact) mass is 869 g/mol. The zero-order valence-electron chi connectivity index (χ0n) is 45.0. The lowest BCUT2D eigenvalue weighted by Gasteiger charge is -2.27. The van der Waals surface area contributed by atoms with Crippen molar-refractivity contribution >= 4 is 11.0 Å². The molecule has 9 aromatic rings. The molecule has 0 aliphatic rings. The number of benzene rings is 7. The molecule has 9 rings (SSSR count). The van der Waals surface area contributed by atoms with Gasteiger partial charge in [0.1, 0.15) is 11.6 Å². The molecular formula is C62H61N3O. The third-order valence-corrected chi connectivity index (χ3v) is 12.8. The number of phenolic OH excluding ortho intramolecular Hbond substituents is 1. The van der Waals surface area contributed by atoms with E-state index < -0.39 is 23.5 Å². The molecule has 0 atom stereocenters. The highest BCUT2D eigenvalue weighted by Crippen LogP contribution is 2.46. The Balaban J connectivity index is 1.38. The van der Waals surface area contributed by atoms with Gasteiger partial charge in [-0.1, -0.05) is 171 Å². The summed E-state index contributed by atoms with van der Waals surface area (Å²) in [6.45, 7) is 23.8. The summed E-state index contributed by atoms with van der Waals surface area (Å²) in [5.74, 6) is 0.678. The lowest BCUT2D eigenvalue weighted by molar-refractivity contribution is 0.446. The van der Waals surface area contributed by atoms with Gasteiger partial charge in [0.2, 0.25) is 0 Å². The molecule has 0 aliphatic heterocycles. The smallest absolute Gasteiger partial charge is 0.149 e. The van der Waals surface area contributed by atoms with E-state index in [-0.39, 0.29) is 34.2 Å². The van der Waals surface area contributed by atoms with E-state index in [2.05, 4.69) is 160 Å². The largest absolute Gasteiger partial charge is 0.507 e. The molecule has 4 nitrogen and oxygen atoms in total. The molecule has 66 heavy (non-hydrogen) atoms. The van der Waals surface area contributed by atoms with Crippen molar-refractivity contribution in [1.29, 1.82) is 0 Å². The third kappa shape index (κ3) is 8.37. The van der Waals surface area contributed by atoms with Crippen LogP contribution in [0.2, 0.25) is 0 Å². The Labute approximate surface area is 398 Å². The summed E-state index contributed by atoms with van der Waals surface area (Å²) < 4.78 is 45.4. The van der Waals surface area contributed by atoms with Crippen LogP contribution in [0.5, 0.6) is 5.75 Å². The van der Waals surface area contributed by atoms with Gasteiger partial charge < -0.3 is 5.11 Å². The summed E-state index contributed by atoms with van der Waals surface area (Å²) in [5, 5.41) is 12.6. The number of hydrogen-bond donors (Lipinski definition) is 1. The fraction of sp³-hybridized carbons (Fsp3) is 0.226. The minimum absolute atomic E-state index is 0.117. The number of aromatic hydroxyl groups is 1. The van der Waals surface area contributed by atoms with Crippen molar-refractivity contribution in [2.24, 2.45) is 0 Å². The van der Waals surface area contributed by atoms with Gasteiger partial charge >= 0.3 is 0 Å². The Morgan fingerprint density at radius 2 is 1.18 bits per heavy atom. The predicted molar refractivity (Wildman–Crippen MR) is 279 cm³/mol. The SMILES string of the molecule is [2H]c1c([2H])c([2H])c(-c2ccc(-n3c(-c4cc(C(C)(C)C)cc(C(C)(C)C)c4O)nc4c(-c5cc(-c6cc(-c7c(C)cccc7C)ccn6)cc(C(C)(C)C)c5)cccc43)c(-c3ccccc3)c2)c([2H])c1[2H]. The summed E-state index contributed by atoms with van der Waals surface area (Å²) >= 11 is 0. The van der Waals surface area contributed by atoms with Crippen molar-refractivity contribution in [3.8, 4) is 78.6 Å². The van der Waals surface area contributed by atoms with E-state index in [4.69, 9.17) is 16.8 Å². The van der Waals surface area contributed by atoms with Crippen LogP contribution < -0.4 is 0 Å². The minimum Gasteiger partial charge on any atom is -0.507 e. The highest BCUT2D eigenvalue weighted by Gasteiger charge is 2.30. The molecule has 0 saturated carbocycles. The van der Waals surface area contributed by atoms with Crippen molar-refractivity contribution in [2.45, 2.75) is 92.4 Å². The predicted octanol–water partition coefficient (Wildman–Crippen LogP) is 16.6. The van der Waals surface area contributed by atoms with Gasteiger partial charge in [-0.05, 0) is 134 Å². The van der Waals surface area contributed by atoms with Crippen LogP contribution in [-0.4, -0.2) is 19.6 Å². The Kier molecular flexibility index (Phi) is 9.71. The molecule has 0 fully saturated rings. The van der Waals surface area contributed by atoms with Crippen molar-refractivity contribution in [2.75, 3.05) is 0 Å². The van der Waals surface area contributed by atoms with Crippen LogP contribution in [0.3, 0.4) is 0 Å². The molecule has 0 bridgehead atoms. The number of phenols is 1. The molecule has 7 aromatic carbocycles. The van der Waals surface area contributed by atoms with Gasteiger partial charge in [-0.25, -0.2) is 4.98 Å². The number of imidazole rings is 1. The maximum Gasteiger partial charge on any atom is 0.149 e. The molecule has 2 aromatic heterocycles. The molecule has 2 heterocycles. The standard InChI is InChI=1S/C62H61N3O/c1-39-20-18-21-40(2)56(39)44-30-31-63-53(36-44)46-32-45(33-47(34-46)60(3,4)5)49-26-19-27-55-57(49)64-59(51-37-48(61(6,7)8)38-52(58(51)66)62(9,10)11)65(55)54-29-28-43(41-22-14-12-15-23-41)35-50(54)42-24-16-13-17-25-42/h12-38,66H,1-11H3/i12D,14D,15D,22D,23D. The van der Waals surface area contributed by atoms with E-state index in [1.807, 2.05) is 54.7 Å². The maximum atomic E-state index is 12.6. The number of fused-ring (bicyclic) bond motifs is 1. The first-order chi connectivity index (χ1) is 33.4. The average Bonchev–Trinajstić information content (AvgIpc) is 3.71. The second-order valence-corrected chi connectivity index (χ2v) is 20.7. The first-order valence-corrected chi connectivity index (χ1v) is 22.8. The highest BCUT2D eigenvalue weighted by atomic mass is 16.3. The van der Waals surface area contributed by atoms with E-state index in [0.29, 0.717) is 17.0 Å². The molecule has 1 N–H and O–H groups in total. The van der Waals surface area contributed by atoms with E-state index in [0.717, 1.165) is 72.5 Å². The summed E-state index contributed by atoms with van der Waals surface area (Å²) in [6, 6.07) is 41.6. The van der Waals surface area contributed by atoms with Crippen molar-refractivity contribution < 1.29 is 12.0 Å². The van der Waals surface area contributed by atoms with Gasteiger partial charge in [0, 0.05) is 28.5 Å². The van der Waals surface area contributed by atoms with Gasteiger partial charge in [0.25, 0.3) is 0 Å². The second-order valence-electron chi connectivity index (χ2n) is 20.7. The number of para-hydroxylation sites is 1. The molecule has 0 aliphatic carbocycles. The Morgan fingerprint density at radius 3 is 1.86 bits per heavy atom. The molecule has 330 valence electrons. The van der Waals surface area contributed by atoms with Crippen LogP contribution in [0.15, 0.2) is 164 Å². The average molecular weight is 869 g/mol. The van der Waals surface area contributed by atoms with Gasteiger partial charge in [-0.2, -0.15) is 0 Å². The summed E-state index contributed by atoms with van der Waals surface area (Å²) in [6.07, 6.45) is 1.89. The lowest BCUT2D eigenvalue weighted by Crippen LogP contribution is -2.17. The molecule has 0 saturated heterocycles. The van der Waals surface area contributed by atoms with Gasteiger partial charge in [-0.3, -0.25) is 9.55 Å². The topological polar surface area (TPSA) is 50.9 Å². The molecule has 0 spiro atoms. The van der Waals surface area contributed by atoms with E-state index in [1.54, 1.807) is 0 Å². The highest BCUT2D eigenvalue weighted by molar-refractivity contribution is 5.98. The van der Waals surface area contributed by atoms with Crippen LogP contribution in [0.1, 0.15) is 97.0 Å². The molecule has 0 amide bonds. The summed E-state index contributed by atoms with van der Waals surface area (Å²) in [5.41, 5.74) is 15.5. The van der Waals surface area contributed by atoms with Gasteiger partial charge in [0.15, 0.2) is 0 Å². The van der Waals surface area contributed by atoms with Crippen molar-refractivity contribution in [1.82, 2.24) is 14.5 Å². The van der Waals surface area contributed by atoms with E-state index >= 15 is 0 Å². The van der Waals surface area contributed by atoms with Crippen LogP contribution >= 0.6 is 0 Å². The number of aryl methyl sites for hydroxylation is 2. The maximum absolute atomic E-state index is 12.6. The zero-order valence-corrected chi connectivity index (χ0v) is 40.0. The summed E-state index contributed by atoms with van der Waals surface area (Å²) in [4.78, 5) is 10.6. The normalized spacial score (nSPS) is 13.3. The molecular weight excluding hydrogens is 803 g/mol. The molecule has 4 heteroatoms. The Hall–Kier alpha value is -7.04. The van der Waals surface area contributed by atoms with Crippen LogP contribution in [0.4, 0.5) is 0 Å². The number of rotatable bonds is 7. The van der Waals surface area contributed by atoms with Crippen LogP contribution in [-0.2, 0) is 16.2 Å². The zero-order chi connectivity index (χ0) is 51.1. The quantitative estimate of drug-likeness (QED) is 0.174.